The average Bonchev–Trinajstić information content (AvgIpc) is 2.07. The van der Waals surface area contributed by atoms with Gasteiger partial charge in [-0.1, -0.05) is 0 Å². The Morgan fingerprint density at radius 3 is 2.71 bits per heavy atom. The Morgan fingerprint density at radius 2 is 2.21 bits per heavy atom. The maximum atomic E-state index is 13.0. The summed E-state index contributed by atoms with van der Waals surface area (Å²) in [4.78, 5) is 9.75. The second-order valence-corrected chi connectivity index (χ2v) is 4.19. The minimum atomic E-state index is -1.21. The number of nitro groups is 1. The summed E-state index contributed by atoms with van der Waals surface area (Å²) in [6, 6.07) is 3.20. The minimum Gasteiger partial charge on any atom is -0.260 e. The van der Waals surface area contributed by atoms with E-state index < -0.39 is 21.5 Å². The summed E-state index contributed by atoms with van der Waals surface area (Å²) in [5.41, 5.74) is -0.0770. The molecular weight excluding hydrogens is 209 g/mol. The van der Waals surface area contributed by atoms with Crippen LogP contribution in [0.25, 0.3) is 0 Å². The maximum absolute atomic E-state index is 13.0. The molecule has 0 fully saturated rings. The number of nitrogens with zero attached hydrogens (tertiary/aromatic N) is 1. The fourth-order valence-electron chi connectivity index (χ4n) is 1.00. The minimum absolute atomic E-state index is 0.00644. The predicted octanol–water partition coefficient (Wildman–Crippen LogP) is 1.61. The van der Waals surface area contributed by atoms with Crippen molar-refractivity contribution in [2.75, 3.05) is 6.26 Å². The molecule has 0 spiro atoms. The van der Waals surface area contributed by atoms with Gasteiger partial charge in [0.25, 0.3) is 5.69 Å². The predicted molar refractivity (Wildman–Crippen MR) is 50.8 cm³/mol. The van der Waals surface area contributed by atoms with Crippen molar-refractivity contribution in [2.45, 2.75) is 5.75 Å². The van der Waals surface area contributed by atoms with Crippen LogP contribution in [0.2, 0.25) is 0 Å². The molecule has 0 aliphatic heterocycles. The van der Waals surface area contributed by atoms with E-state index in [0.717, 1.165) is 18.2 Å². The van der Waals surface area contributed by atoms with Crippen molar-refractivity contribution in [2.24, 2.45) is 0 Å². The van der Waals surface area contributed by atoms with Crippen LogP contribution in [-0.4, -0.2) is 15.4 Å². The Morgan fingerprint density at radius 1 is 1.57 bits per heavy atom. The molecule has 1 aromatic carbocycles. The molecule has 0 saturated carbocycles. The standard InChI is InChI=1S/C8H8FNO3S/c1-14(13)5-6-4-7(10(11)12)2-3-8(6)9/h2-4H,5H2,1H3/t14-/m1/s1. The number of hydrogen-bond acceptors (Lipinski definition) is 3. The van der Waals surface area contributed by atoms with Gasteiger partial charge in [-0.3, -0.25) is 14.3 Å². The third kappa shape index (κ3) is 2.59. The van der Waals surface area contributed by atoms with Crippen LogP contribution < -0.4 is 0 Å². The molecule has 0 saturated heterocycles. The molecule has 0 radical (unpaired) electrons. The molecule has 0 N–H and O–H groups in total. The van der Waals surface area contributed by atoms with Gasteiger partial charge in [0.05, 0.1) is 10.7 Å². The third-order valence-electron chi connectivity index (χ3n) is 1.60. The van der Waals surface area contributed by atoms with Crippen LogP contribution in [0, 0.1) is 15.9 Å². The quantitative estimate of drug-likeness (QED) is 0.570. The topological polar surface area (TPSA) is 60.2 Å². The fourth-order valence-corrected chi connectivity index (χ4v) is 1.66. The van der Waals surface area contributed by atoms with Crippen molar-refractivity contribution in [1.82, 2.24) is 0 Å². The van der Waals surface area contributed by atoms with Crippen molar-refractivity contribution in [1.29, 1.82) is 0 Å². The number of halogens is 1. The van der Waals surface area contributed by atoms with Gasteiger partial charge >= 0.3 is 0 Å². The Bertz CT molecular complexity index is 394. The molecule has 0 heterocycles. The van der Waals surface area contributed by atoms with Crippen molar-refractivity contribution in [3.63, 3.8) is 0 Å². The molecule has 0 aliphatic carbocycles. The Hall–Kier alpha value is -1.30. The van der Waals surface area contributed by atoms with Gasteiger partial charge < -0.3 is 0 Å². The first-order chi connectivity index (χ1) is 6.50. The summed E-state index contributed by atoms with van der Waals surface area (Å²) in [5, 5.41) is 10.4. The van der Waals surface area contributed by atoms with Gasteiger partial charge in [0.2, 0.25) is 0 Å². The molecule has 1 aromatic rings. The van der Waals surface area contributed by atoms with Crippen molar-refractivity contribution in [3.05, 3.63) is 39.7 Å². The normalized spacial score (nSPS) is 12.4. The molecule has 0 amide bonds. The van der Waals surface area contributed by atoms with Crippen LogP contribution in [0.15, 0.2) is 18.2 Å². The molecule has 1 rings (SSSR count). The number of rotatable bonds is 3. The van der Waals surface area contributed by atoms with Crippen LogP contribution in [0.1, 0.15) is 5.56 Å². The van der Waals surface area contributed by atoms with Gasteiger partial charge in [-0.2, -0.15) is 0 Å². The first kappa shape index (κ1) is 10.8. The number of benzene rings is 1. The highest BCUT2D eigenvalue weighted by Crippen LogP contribution is 2.17. The Kier molecular flexibility index (Phi) is 3.29. The molecule has 0 unspecified atom stereocenters. The van der Waals surface area contributed by atoms with Gasteiger partial charge in [-0.25, -0.2) is 4.39 Å². The summed E-state index contributed by atoms with van der Waals surface area (Å²) in [5.74, 6) is -0.571. The molecule has 6 heteroatoms. The zero-order valence-electron chi connectivity index (χ0n) is 7.40. The second-order valence-electron chi connectivity index (χ2n) is 2.75. The molecule has 0 bridgehead atoms. The van der Waals surface area contributed by atoms with Gasteiger partial charge in [0.15, 0.2) is 0 Å². The zero-order chi connectivity index (χ0) is 10.7. The van der Waals surface area contributed by atoms with E-state index in [0.29, 0.717) is 0 Å². The lowest BCUT2D eigenvalue weighted by molar-refractivity contribution is -0.385. The van der Waals surface area contributed by atoms with Gasteiger partial charge in [-0.15, -0.1) is 0 Å². The lowest BCUT2D eigenvalue weighted by Crippen LogP contribution is -1.98. The van der Waals surface area contributed by atoms with Crippen LogP contribution >= 0.6 is 0 Å². The van der Waals surface area contributed by atoms with E-state index in [1.165, 1.54) is 6.26 Å². The average molecular weight is 217 g/mol. The molecule has 14 heavy (non-hydrogen) atoms. The summed E-state index contributed by atoms with van der Waals surface area (Å²) < 4.78 is 23.9. The smallest absolute Gasteiger partial charge is 0.260 e. The van der Waals surface area contributed by atoms with Crippen LogP contribution in [0.5, 0.6) is 0 Å². The molecule has 0 aliphatic rings. The van der Waals surface area contributed by atoms with E-state index in [2.05, 4.69) is 0 Å². The summed E-state index contributed by atoms with van der Waals surface area (Å²) in [6.45, 7) is 0. The molecule has 1 atom stereocenters. The Labute approximate surface area is 82.4 Å². The van der Waals surface area contributed by atoms with Crippen molar-refractivity contribution < 1.29 is 13.5 Å². The van der Waals surface area contributed by atoms with E-state index in [1.807, 2.05) is 0 Å². The fraction of sp³-hybridized carbons (Fsp3) is 0.250. The lowest BCUT2D eigenvalue weighted by Gasteiger charge is -2.00. The van der Waals surface area contributed by atoms with Crippen LogP contribution in [0.4, 0.5) is 10.1 Å². The van der Waals surface area contributed by atoms with Crippen LogP contribution in [0.3, 0.4) is 0 Å². The highest BCUT2D eigenvalue weighted by atomic mass is 32.2. The number of non-ortho nitro benzene ring substituents is 1. The first-order valence-electron chi connectivity index (χ1n) is 3.73. The largest absolute Gasteiger partial charge is 0.269 e. The SMILES string of the molecule is C[S@@](=O)Cc1cc([N+](=O)[O-])ccc1F. The van der Waals surface area contributed by atoms with E-state index >= 15 is 0 Å². The molecular formula is C8H8FNO3S. The molecule has 0 aromatic heterocycles. The zero-order valence-corrected chi connectivity index (χ0v) is 8.21. The van der Waals surface area contributed by atoms with Gasteiger partial charge in [0.1, 0.15) is 5.82 Å². The van der Waals surface area contributed by atoms with Crippen LogP contribution in [-0.2, 0) is 16.6 Å². The van der Waals surface area contributed by atoms with Crippen molar-refractivity contribution >= 4 is 16.5 Å². The van der Waals surface area contributed by atoms with Gasteiger partial charge in [0, 0.05) is 34.8 Å². The lowest BCUT2D eigenvalue weighted by atomic mass is 10.2. The monoisotopic (exact) mass is 217 g/mol. The third-order valence-corrected chi connectivity index (χ3v) is 2.32. The highest BCUT2D eigenvalue weighted by molar-refractivity contribution is 7.83. The van der Waals surface area contributed by atoms with Crippen molar-refractivity contribution in [3.8, 4) is 0 Å². The van der Waals surface area contributed by atoms with Gasteiger partial charge in [-0.05, 0) is 6.07 Å². The van der Waals surface area contributed by atoms with E-state index in [9.17, 15) is 18.7 Å². The van der Waals surface area contributed by atoms with E-state index in [1.54, 1.807) is 0 Å². The Balaban J connectivity index is 3.08. The summed E-state index contributed by atoms with van der Waals surface area (Å²) in [7, 11) is -1.21. The molecule has 76 valence electrons. The highest BCUT2D eigenvalue weighted by Gasteiger charge is 2.11. The molecule has 4 nitrogen and oxygen atoms in total. The number of nitro benzene ring substituents is 1. The van der Waals surface area contributed by atoms with E-state index in [4.69, 9.17) is 0 Å². The summed E-state index contributed by atoms with van der Waals surface area (Å²) in [6.07, 6.45) is 1.41. The van der Waals surface area contributed by atoms with E-state index in [-0.39, 0.29) is 17.0 Å². The first-order valence-corrected chi connectivity index (χ1v) is 5.46. The maximum Gasteiger partial charge on any atom is 0.269 e. The number of hydrogen-bond donors (Lipinski definition) is 0. The second kappa shape index (κ2) is 4.28. The summed E-state index contributed by atoms with van der Waals surface area (Å²) >= 11 is 0.